The van der Waals surface area contributed by atoms with Crippen LogP contribution in [0.5, 0.6) is 5.75 Å². The third-order valence-electron chi connectivity index (χ3n) is 2.09. The van der Waals surface area contributed by atoms with Gasteiger partial charge in [-0.15, -0.1) is 0 Å². The van der Waals surface area contributed by atoms with Crippen molar-refractivity contribution in [3.8, 4) is 5.75 Å². The predicted octanol–water partition coefficient (Wildman–Crippen LogP) is 0.771. The Morgan fingerprint density at radius 2 is 2.23 bits per heavy atom. The van der Waals surface area contributed by atoms with Gasteiger partial charge in [0.1, 0.15) is 5.75 Å². The van der Waals surface area contributed by atoms with Crippen molar-refractivity contribution in [1.29, 1.82) is 0 Å². The van der Waals surface area contributed by atoms with Gasteiger partial charge in [-0.1, -0.05) is 0 Å². The van der Waals surface area contributed by atoms with Gasteiger partial charge in [0.15, 0.2) is 0 Å². The third kappa shape index (κ3) is 1.15. The lowest BCUT2D eigenvalue weighted by molar-refractivity contribution is 0.272. The van der Waals surface area contributed by atoms with Crippen molar-refractivity contribution in [3.05, 3.63) is 23.9 Å². The van der Waals surface area contributed by atoms with E-state index in [0.717, 1.165) is 10.9 Å². The molecule has 2 rings (SSSR count). The molecule has 1 heterocycles. The highest BCUT2D eigenvalue weighted by molar-refractivity contribution is 5.82. The number of phenols is 1. The summed E-state index contributed by atoms with van der Waals surface area (Å²) < 4.78 is 1.62. The molecule has 0 aliphatic rings. The van der Waals surface area contributed by atoms with Gasteiger partial charge >= 0.3 is 0 Å². The molecule has 0 radical (unpaired) electrons. The second kappa shape index (κ2) is 2.74. The summed E-state index contributed by atoms with van der Waals surface area (Å²) in [4.78, 5) is 0. The number of aromatic hydroxyl groups is 1. The van der Waals surface area contributed by atoms with E-state index in [1.54, 1.807) is 29.9 Å². The van der Waals surface area contributed by atoms with Crippen LogP contribution in [0.25, 0.3) is 10.9 Å². The second-order valence-electron chi connectivity index (χ2n) is 2.93. The van der Waals surface area contributed by atoms with Crippen molar-refractivity contribution in [2.75, 3.05) is 0 Å². The van der Waals surface area contributed by atoms with E-state index in [9.17, 15) is 5.11 Å². The van der Waals surface area contributed by atoms with Gasteiger partial charge in [-0.3, -0.25) is 4.68 Å². The molecule has 0 bridgehead atoms. The predicted molar refractivity (Wildman–Crippen MR) is 48.3 cm³/mol. The summed E-state index contributed by atoms with van der Waals surface area (Å²) in [5.74, 6) is 0.190. The second-order valence-corrected chi connectivity index (χ2v) is 2.93. The van der Waals surface area contributed by atoms with Gasteiger partial charge < -0.3 is 10.2 Å². The highest BCUT2D eigenvalue weighted by Gasteiger charge is 2.07. The summed E-state index contributed by atoms with van der Waals surface area (Å²) in [5.41, 5.74) is 1.50. The maximum Gasteiger partial charge on any atom is 0.116 e. The molecule has 2 aromatic rings. The SMILES string of the molecule is Cn1nc2ccc(O)cc2c1CO. The van der Waals surface area contributed by atoms with Crippen molar-refractivity contribution in [2.45, 2.75) is 6.61 Å². The Balaban J connectivity index is 2.80. The van der Waals surface area contributed by atoms with E-state index >= 15 is 0 Å². The molecule has 4 heteroatoms. The van der Waals surface area contributed by atoms with Crippen LogP contribution in [0.2, 0.25) is 0 Å². The van der Waals surface area contributed by atoms with Crippen LogP contribution in [0.15, 0.2) is 18.2 Å². The fraction of sp³-hybridized carbons (Fsp3) is 0.222. The average Bonchev–Trinajstić information content (AvgIpc) is 2.40. The molecule has 0 unspecified atom stereocenters. The molecule has 0 atom stereocenters. The number of hydrogen-bond donors (Lipinski definition) is 2. The molecule has 2 N–H and O–H groups in total. The minimum absolute atomic E-state index is 0.0730. The van der Waals surface area contributed by atoms with Crippen LogP contribution in [0, 0.1) is 0 Å². The van der Waals surface area contributed by atoms with Gasteiger partial charge in [-0.05, 0) is 18.2 Å². The summed E-state index contributed by atoms with van der Waals surface area (Å²) in [6.07, 6.45) is 0. The Kier molecular flexibility index (Phi) is 1.70. The smallest absolute Gasteiger partial charge is 0.116 e. The molecule has 0 fully saturated rings. The summed E-state index contributed by atoms with van der Waals surface area (Å²) in [6.45, 7) is -0.0730. The summed E-state index contributed by atoms with van der Waals surface area (Å²) >= 11 is 0. The standard InChI is InChI=1S/C9H10N2O2/c1-11-9(5-12)7-4-6(13)2-3-8(7)10-11/h2-4,12-13H,5H2,1H3. The molecule has 0 aliphatic heterocycles. The van der Waals surface area contributed by atoms with E-state index in [2.05, 4.69) is 5.10 Å². The number of hydrogen-bond acceptors (Lipinski definition) is 3. The maximum absolute atomic E-state index is 9.24. The van der Waals surface area contributed by atoms with E-state index in [4.69, 9.17) is 5.11 Å². The largest absolute Gasteiger partial charge is 0.508 e. The van der Waals surface area contributed by atoms with Crippen molar-refractivity contribution in [3.63, 3.8) is 0 Å². The fourth-order valence-electron chi connectivity index (χ4n) is 1.43. The number of rotatable bonds is 1. The van der Waals surface area contributed by atoms with Gasteiger partial charge in [-0.2, -0.15) is 5.10 Å². The number of aromatic nitrogens is 2. The van der Waals surface area contributed by atoms with E-state index in [-0.39, 0.29) is 12.4 Å². The highest BCUT2D eigenvalue weighted by Crippen LogP contribution is 2.22. The molecule has 0 spiro atoms. The van der Waals surface area contributed by atoms with Gasteiger partial charge in [0.2, 0.25) is 0 Å². The maximum atomic E-state index is 9.24. The van der Waals surface area contributed by atoms with Gasteiger partial charge in [0.05, 0.1) is 17.8 Å². The normalized spacial score (nSPS) is 10.9. The van der Waals surface area contributed by atoms with Crippen LogP contribution in [0.4, 0.5) is 0 Å². The van der Waals surface area contributed by atoms with Crippen molar-refractivity contribution >= 4 is 10.9 Å². The topological polar surface area (TPSA) is 58.3 Å². The van der Waals surface area contributed by atoms with E-state index in [1.165, 1.54) is 0 Å². The molecule has 1 aromatic heterocycles. The summed E-state index contributed by atoms with van der Waals surface area (Å²) in [6, 6.07) is 4.91. The number of aliphatic hydroxyl groups is 1. The van der Waals surface area contributed by atoms with Gasteiger partial charge in [0, 0.05) is 12.4 Å². The van der Waals surface area contributed by atoms with Gasteiger partial charge in [-0.25, -0.2) is 0 Å². The number of aryl methyl sites for hydroxylation is 1. The number of phenolic OH excluding ortho intramolecular Hbond substituents is 1. The molecule has 0 saturated heterocycles. The number of fused-ring (bicyclic) bond motifs is 1. The lowest BCUT2D eigenvalue weighted by Gasteiger charge is -1.96. The zero-order valence-corrected chi connectivity index (χ0v) is 7.23. The van der Waals surface area contributed by atoms with Crippen molar-refractivity contribution in [1.82, 2.24) is 9.78 Å². The monoisotopic (exact) mass is 178 g/mol. The van der Waals surface area contributed by atoms with Crippen LogP contribution >= 0.6 is 0 Å². The molecule has 4 nitrogen and oxygen atoms in total. The summed E-state index contributed by atoms with van der Waals surface area (Å²) in [7, 11) is 1.77. The molecule has 13 heavy (non-hydrogen) atoms. The molecular formula is C9H10N2O2. The Morgan fingerprint density at radius 1 is 1.46 bits per heavy atom. The molecule has 68 valence electrons. The molecule has 0 saturated carbocycles. The Labute approximate surface area is 75.0 Å². The Bertz CT molecular complexity index is 448. The van der Waals surface area contributed by atoms with Crippen LogP contribution < -0.4 is 0 Å². The minimum atomic E-state index is -0.0730. The fourth-order valence-corrected chi connectivity index (χ4v) is 1.43. The number of nitrogens with zero attached hydrogens (tertiary/aromatic N) is 2. The minimum Gasteiger partial charge on any atom is -0.508 e. The van der Waals surface area contributed by atoms with E-state index in [0.29, 0.717) is 5.69 Å². The third-order valence-corrected chi connectivity index (χ3v) is 2.09. The van der Waals surface area contributed by atoms with E-state index < -0.39 is 0 Å². The zero-order valence-electron chi connectivity index (χ0n) is 7.23. The van der Waals surface area contributed by atoms with Crippen LogP contribution in [0.3, 0.4) is 0 Å². The first kappa shape index (κ1) is 8.07. The lowest BCUT2D eigenvalue weighted by Crippen LogP contribution is -1.96. The van der Waals surface area contributed by atoms with Crippen molar-refractivity contribution in [2.24, 2.45) is 7.05 Å². The lowest BCUT2D eigenvalue weighted by atomic mass is 10.2. The number of benzene rings is 1. The van der Waals surface area contributed by atoms with Crippen molar-refractivity contribution < 1.29 is 10.2 Å². The van der Waals surface area contributed by atoms with E-state index in [1.807, 2.05) is 0 Å². The number of aliphatic hydroxyl groups excluding tert-OH is 1. The van der Waals surface area contributed by atoms with Crippen LogP contribution in [0.1, 0.15) is 5.69 Å². The zero-order chi connectivity index (χ0) is 9.42. The Hall–Kier alpha value is -1.55. The first-order valence-corrected chi connectivity index (χ1v) is 3.98. The molecule has 1 aromatic carbocycles. The van der Waals surface area contributed by atoms with Gasteiger partial charge in [0.25, 0.3) is 0 Å². The average molecular weight is 178 g/mol. The molecule has 0 aliphatic carbocycles. The van der Waals surface area contributed by atoms with Crippen LogP contribution in [-0.4, -0.2) is 20.0 Å². The quantitative estimate of drug-likeness (QED) is 0.678. The molecule has 0 amide bonds. The summed E-state index contributed by atoms with van der Waals surface area (Å²) in [5, 5.41) is 23.3. The first-order chi connectivity index (χ1) is 6.22. The Morgan fingerprint density at radius 3 is 2.92 bits per heavy atom. The highest BCUT2D eigenvalue weighted by atomic mass is 16.3. The van der Waals surface area contributed by atoms with Crippen LogP contribution in [-0.2, 0) is 13.7 Å². The molecular weight excluding hydrogens is 168 g/mol. The first-order valence-electron chi connectivity index (χ1n) is 3.98.